The van der Waals surface area contributed by atoms with Gasteiger partial charge in [0.1, 0.15) is 6.04 Å². The van der Waals surface area contributed by atoms with Crippen molar-refractivity contribution >= 4 is 28.9 Å². The maximum atomic E-state index is 13.8. The fourth-order valence-electron chi connectivity index (χ4n) is 5.08. The Kier molecular flexibility index (Phi) is 8.97. The van der Waals surface area contributed by atoms with Gasteiger partial charge in [-0.15, -0.1) is 11.3 Å². The van der Waals surface area contributed by atoms with Crippen LogP contribution in [0.1, 0.15) is 51.3 Å². The number of Topliss-reactive ketones (excluding diaryl/α,β-unsaturated/α-hetero) is 1. The van der Waals surface area contributed by atoms with Crippen LogP contribution in [0.5, 0.6) is 0 Å². The molecule has 0 saturated carbocycles. The highest BCUT2D eigenvalue weighted by molar-refractivity contribution is 7.13. The van der Waals surface area contributed by atoms with Crippen LogP contribution >= 0.6 is 11.3 Å². The molecular weight excluding hydrogens is 504 g/mol. The maximum absolute atomic E-state index is 13.8. The van der Waals surface area contributed by atoms with Gasteiger partial charge in [-0.1, -0.05) is 45.0 Å². The number of nitrogens with zero attached hydrogens (tertiary/aromatic N) is 2. The molecule has 4 rings (SSSR count). The van der Waals surface area contributed by atoms with E-state index in [1.807, 2.05) is 57.5 Å². The maximum Gasteiger partial charge on any atom is 0.243 e. The minimum atomic E-state index is -0.787. The highest BCUT2D eigenvalue weighted by Gasteiger charge is 2.44. The summed E-state index contributed by atoms with van der Waals surface area (Å²) in [6.07, 6.45) is 0.0346. The topological polar surface area (TPSA) is 121 Å². The zero-order chi connectivity index (χ0) is 27.4. The van der Waals surface area contributed by atoms with Gasteiger partial charge in [-0.05, 0) is 29.9 Å². The fourth-order valence-corrected chi connectivity index (χ4v) is 5.89. The number of amides is 2. The van der Waals surface area contributed by atoms with E-state index in [-0.39, 0.29) is 43.0 Å². The first kappa shape index (κ1) is 28.4. The van der Waals surface area contributed by atoms with Crippen molar-refractivity contribution in [3.63, 3.8) is 0 Å². The molecule has 2 aromatic rings. The van der Waals surface area contributed by atoms with E-state index in [2.05, 4.69) is 15.6 Å². The first-order valence-electron chi connectivity index (χ1n) is 13.1. The van der Waals surface area contributed by atoms with Crippen LogP contribution < -0.4 is 10.6 Å². The molecule has 0 radical (unpaired) electrons. The van der Waals surface area contributed by atoms with Gasteiger partial charge in [-0.2, -0.15) is 0 Å². The summed E-state index contributed by atoms with van der Waals surface area (Å²) in [5, 5.41) is 16.4. The highest BCUT2D eigenvalue weighted by Crippen LogP contribution is 2.34. The van der Waals surface area contributed by atoms with Crippen LogP contribution in [0.4, 0.5) is 0 Å². The predicted molar refractivity (Wildman–Crippen MR) is 145 cm³/mol. The van der Waals surface area contributed by atoms with E-state index in [1.54, 1.807) is 11.3 Å². The first-order chi connectivity index (χ1) is 18.0. The number of benzene rings is 1. The molecule has 9 nitrogen and oxygen atoms in total. The van der Waals surface area contributed by atoms with E-state index in [0.29, 0.717) is 26.3 Å². The van der Waals surface area contributed by atoms with Crippen LogP contribution in [-0.4, -0.2) is 70.7 Å². The monoisotopic (exact) mass is 542 g/mol. The van der Waals surface area contributed by atoms with Crippen molar-refractivity contribution in [2.45, 2.75) is 71.7 Å². The smallest absolute Gasteiger partial charge is 0.243 e. The lowest BCUT2D eigenvalue weighted by molar-refractivity contribution is -0.146. The standard InChI is InChI=1S/C28H38N4O5S/c1-17-25(38-16-31-17)19-7-5-18(6-8-19)13-29-26(35)23-11-20(33)14-32(23)27(36)21(28(2,3)4)12-24(34)22-9-10-37-15-30-22/h5-8,16,20-23,30,33H,9-15H2,1-4H3,(H,29,35)/t20-,21-,22+,23+/m1/s1. The van der Waals surface area contributed by atoms with Gasteiger partial charge in [0.2, 0.25) is 11.8 Å². The molecule has 2 saturated heterocycles. The van der Waals surface area contributed by atoms with E-state index in [0.717, 1.165) is 21.7 Å². The molecular formula is C28H38N4O5S. The largest absolute Gasteiger partial charge is 0.391 e. The molecule has 38 heavy (non-hydrogen) atoms. The van der Waals surface area contributed by atoms with E-state index in [9.17, 15) is 19.5 Å². The van der Waals surface area contributed by atoms with Gasteiger partial charge < -0.3 is 20.1 Å². The molecule has 1 aromatic carbocycles. The van der Waals surface area contributed by atoms with Crippen molar-refractivity contribution in [2.75, 3.05) is 19.9 Å². The Bertz CT molecular complexity index is 1140. The number of aryl methyl sites for hydroxylation is 1. The number of carbonyl (C=O) groups is 3. The Labute approximate surface area is 228 Å². The van der Waals surface area contributed by atoms with Gasteiger partial charge in [-0.25, -0.2) is 4.98 Å². The number of rotatable bonds is 8. The van der Waals surface area contributed by atoms with Crippen molar-refractivity contribution < 1.29 is 24.2 Å². The van der Waals surface area contributed by atoms with Gasteiger partial charge in [0.05, 0.1) is 41.6 Å². The second-order valence-corrected chi connectivity index (χ2v) is 12.1. The number of aromatic nitrogens is 1. The van der Waals surface area contributed by atoms with Crippen molar-refractivity contribution in [1.29, 1.82) is 0 Å². The normalized spacial score (nSPS) is 22.8. The van der Waals surface area contributed by atoms with Gasteiger partial charge in [0.15, 0.2) is 5.78 Å². The molecule has 0 bridgehead atoms. The summed E-state index contributed by atoms with van der Waals surface area (Å²) in [6, 6.07) is 6.83. The molecule has 0 unspecified atom stereocenters. The minimum absolute atomic E-state index is 0.0284. The number of β-amino-alcohol motifs (C(OH)–C–C–N with tert-alkyl or cyclic N) is 1. The van der Waals surface area contributed by atoms with Crippen LogP contribution in [0.3, 0.4) is 0 Å². The Hall–Kier alpha value is -2.66. The van der Waals surface area contributed by atoms with Crippen molar-refractivity contribution in [3.05, 3.63) is 41.0 Å². The molecule has 0 aliphatic carbocycles. The third-order valence-electron chi connectivity index (χ3n) is 7.41. The number of hydrogen-bond donors (Lipinski definition) is 3. The lowest BCUT2D eigenvalue weighted by Crippen LogP contribution is -2.51. The quantitative estimate of drug-likeness (QED) is 0.469. The molecule has 2 aliphatic rings. The van der Waals surface area contributed by atoms with E-state index >= 15 is 0 Å². The Morgan fingerprint density at radius 1 is 1.26 bits per heavy atom. The summed E-state index contributed by atoms with van der Waals surface area (Å²) in [5.74, 6) is -1.21. The van der Waals surface area contributed by atoms with Crippen molar-refractivity contribution in [2.24, 2.45) is 11.3 Å². The number of thiazole rings is 1. The number of likely N-dealkylation sites (tertiary alicyclic amines) is 1. The number of carbonyl (C=O) groups excluding carboxylic acids is 3. The molecule has 0 spiro atoms. The van der Waals surface area contributed by atoms with Crippen LogP contribution in [0, 0.1) is 18.3 Å². The second kappa shape index (κ2) is 12.0. The molecule has 2 fully saturated rings. The summed E-state index contributed by atoms with van der Waals surface area (Å²) in [7, 11) is 0. The Morgan fingerprint density at radius 3 is 2.61 bits per heavy atom. The van der Waals surface area contributed by atoms with E-state index in [4.69, 9.17) is 4.74 Å². The summed E-state index contributed by atoms with van der Waals surface area (Å²) < 4.78 is 5.27. The summed E-state index contributed by atoms with van der Waals surface area (Å²) >= 11 is 1.59. The number of hydrogen-bond acceptors (Lipinski definition) is 8. The summed E-state index contributed by atoms with van der Waals surface area (Å²) in [5.41, 5.74) is 4.33. The SMILES string of the molecule is Cc1ncsc1-c1ccc(CNC(=O)[C@@H]2C[C@@H](O)CN2C(=O)[C@@H](CC(=O)[C@@H]2CCOCN2)C(C)(C)C)cc1. The molecule has 1 aromatic heterocycles. The first-order valence-corrected chi connectivity index (χ1v) is 14.0. The lowest BCUT2D eigenvalue weighted by Gasteiger charge is -2.35. The lowest BCUT2D eigenvalue weighted by atomic mass is 9.76. The third-order valence-corrected chi connectivity index (χ3v) is 8.39. The van der Waals surface area contributed by atoms with Crippen LogP contribution in [-0.2, 0) is 25.7 Å². The average Bonchev–Trinajstić information content (AvgIpc) is 3.50. The molecule has 2 amide bonds. The predicted octanol–water partition coefficient (Wildman–Crippen LogP) is 2.65. The van der Waals surface area contributed by atoms with Crippen LogP contribution in [0.2, 0.25) is 0 Å². The van der Waals surface area contributed by atoms with Gasteiger partial charge in [-0.3, -0.25) is 19.7 Å². The third kappa shape index (κ3) is 6.66. The van der Waals surface area contributed by atoms with Crippen LogP contribution in [0.25, 0.3) is 10.4 Å². The van der Waals surface area contributed by atoms with E-state index in [1.165, 1.54) is 4.90 Å². The van der Waals surface area contributed by atoms with Crippen LogP contribution in [0.15, 0.2) is 29.8 Å². The Balaban J connectivity index is 1.41. The molecule has 3 N–H and O–H groups in total. The van der Waals surface area contributed by atoms with E-state index < -0.39 is 23.5 Å². The zero-order valence-electron chi connectivity index (χ0n) is 22.5. The number of ether oxygens (including phenoxy) is 1. The van der Waals surface area contributed by atoms with Gasteiger partial charge in [0.25, 0.3) is 0 Å². The molecule has 10 heteroatoms. The molecule has 2 aliphatic heterocycles. The minimum Gasteiger partial charge on any atom is -0.391 e. The molecule has 3 heterocycles. The number of ketones is 1. The van der Waals surface area contributed by atoms with Crippen molar-refractivity contribution in [3.8, 4) is 10.4 Å². The second-order valence-electron chi connectivity index (χ2n) is 11.3. The molecule has 4 atom stereocenters. The number of aliphatic hydroxyl groups is 1. The number of nitrogens with one attached hydrogen (secondary N) is 2. The Morgan fingerprint density at radius 2 is 2.00 bits per heavy atom. The number of aliphatic hydroxyl groups excluding tert-OH is 1. The average molecular weight is 543 g/mol. The molecule has 206 valence electrons. The van der Waals surface area contributed by atoms with Crippen molar-refractivity contribution in [1.82, 2.24) is 20.5 Å². The fraction of sp³-hybridized carbons (Fsp3) is 0.571. The summed E-state index contributed by atoms with van der Waals surface area (Å²) in [6.45, 7) is 8.98. The van der Waals surface area contributed by atoms with Gasteiger partial charge in [0, 0.05) is 31.8 Å². The van der Waals surface area contributed by atoms with Gasteiger partial charge >= 0.3 is 0 Å². The zero-order valence-corrected chi connectivity index (χ0v) is 23.3. The summed E-state index contributed by atoms with van der Waals surface area (Å²) in [4.78, 5) is 46.9. The highest BCUT2D eigenvalue weighted by atomic mass is 32.1.